The third-order valence-electron chi connectivity index (χ3n) is 3.90. The van der Waals surface area contributed by atoms with Crippen molar-refractivity contribution in [3.8, 4) is 11.5 Å². The first-order valence-corrected chi connectivity index (χ1v) is 8.46. The molecule has 5 nitrogen and oxygen atoms in total. The lowest BCUT2D eigenvalue weighted by Crippen LogP contribution is -2.24. The molecule has 3 rings (SSSR count). The number of anilines is 1. The topological polar surface area (TPSA) is 78.6 Å². The largest absolute Gasteiger partial charge is 0.483 e. The van der Waals surface area contributed by atoms with E-state index in [0.717, 1.165) is 0 Å². The third-order valence-corrected chi connectivity index (χ3v) is 3.90. The van der Waals surface area contributed by atoms with Gasteiger partial charge in [0, 0.05) is 11.3 Å². The summed E-state index contributed by atoms with van der Waals surface area (Å²) in [6.07, 6.45) is -0.684. The molecule has 0 aromatic heterocycles. The van der Waals surface area contributed by atoms with Crippen LogP contribution in [0.25, 0.3) is 0 Å². The van der Waals surface area contributed by atoms with Crippen LogP contribution in [-0.2, 0) is 0 Å². The van der Waals surface area contributed by atoms with Gasteiger partial charge in [0.05, 0.1) is 5.56 Å². The van der Waals surface area contributed by atoms with Gasteiger partial charge < -0.3 is 15.2 Å². The number of carbonyl (C=O) groups excluding carboxylic acids is 2. The Bertz CT molecular complexity index is 936. The normalized spacial score (nSPS) is 11.4. The van der Waals surface area contributed by atoms with E-state index in [2.05, 4.69) is 0 Å². The zero-order chi connectivity index (χ0) is 19.2. The zero-order valence-corrected chi connectivity index (χ0v) is 14.8. The maximum absolute atomic E-state index is 12.6. The fourth-order valence-corrected chi connectivity index (χ4v) is 2.49. The molecule has 1 atom stereocenters. The first-order valence-electron chi connectivity index (χ1n) is 8.46. The molecule has 27 heavy (non-hydrogen) atoms. The molecular formula is C22H19NO4. The molecule has 3 aromatic rings. The van der Waals surface area contributed by atoms with Gasteiger partial charge in [-0.25, -0.2) is 4.79 Å². The van der Waals surface area contributed by atoms with Gasteiger partial charge in [0.1, 0.15) is 11.5 Å². The Morgan fingerprint density at radius 2 is 1.48 bits per heavy atom. The van der Waals surface area contributed by atoms with Gasteiger partial charge >= 0.3 is 5.97 Å². The summed E-state index contributed by atoms with van der Waals surface area (Å²) < 4.78 is 11.0. The minimum atomic E-state index is -0.684. The number of para-hydroxylation sites is 1. The number of nitrogen functional groups attached to an aromatic ring is 1. The molecule has 3 aromatic carbocycles. The van der Waals surface area contributed by atoms with Crippen LogP contribution in [0.1, 0.15) is 27.6 Å². The highest BCUT2D eigenvalue weighted by atomic mass is 16.5. The number of hydrogen-bond acceptors (Lipinski definition) is 5. The summed E-state index contributed by atoms with van der Waals surface area (Å²) in [5.41, 5.74) is 6.86. The Labute approximate surface area is 157 Å². The van der Waals surface area contributed by atoms with Crippen molar-refractivity contribution in [2.24, 2.45) is 0 Å². The number of benzene rings is 3. The number of ether oxygens (including phenoxy) is 2. The lowest BCUT2D eigenvalue weighted by Gasteiger charge is -2.14. The lowest BCUT2D eigenvalue weighted by molar-refractivity contribution is 0.0734. The Kier molecular flexibility index (Phi) is 5.52. The Balaban J connectivity index is 1.71. The van der Waals surface area contributed by atoms with Crippen LogP contribution in [-0.4, -0.2) is 17.9 Å². The molecule has 0 saturated heterocycles. The van der Waals surface area contributed by atoms with E-state index in [1.807, 2.05) is 18.2 Å². The van der Waals surface area contributed by atoms with Gasteiger partial charge in [0.25, 0.3) is 0 Å². The van der Waals surface area contributed by atoms with Crippen LogP contribution in [0.3, 0.4) is 0 Å². The van der Waals surface area contributed by atoms with Crippen LogP contribution < -0.4 is 15.2 Å². The summed E-state index contributed by atoms with van der Waals surface area (Å²) in [4.78, 5) is 25.0. The fourth-order valence-electron chi connectivity index (χ4n) is 2.49. The second kappa shape index (κ2) is 8.19. The molecule has 2 N–H and O–H groups in total. The molecule has 0 aliphatic heterocycles. The predicted octanol–water partition coefficient (Wildman–Crippen LogP) is 4.14. The van der Waals surface area contributed by atoms with Crippen LogP contribution in [0.5, 0.6) is 11.5 Å². The molecule has 0 aliphatic carbocycles. The average Bonchev–Trinajstić information content (AvgIpc) is 2.70. The van der Waals surface area contributed by atoms with Crippen molar-refractivity contribution in [1.29, 1.82) is 0 Å². The van der Waals surface area contributed by atoms with Crippen LogP contribution in [0.2, 0.25) is 0 Å². The Morgan fingerprint density at radius 3 is 2.19 bits per heavy atom. The van der Waals surface area contributed by atoms with Crippen molar-refractivity contribution in [2.75, 3.05) is 5.73 Å². The van der Waals surface area contributed by atoms with E-state index in [4.69, 9.17) is 15.2 Å². The van der Waals surface area contributed by atoms with E-state index < -0.39 is 12.1 Å². The number of nitrogens with two attached hydrogens (primary N) is 1. The van der Waals surface area contributed by atoms with Crippen molar-refractivity contribution >= 4 is 17.4 Å². The molecule has 0 radical (unpaired) electrons. The number of Topliss-reactive ketones (excluding diaryl/α,β-unsaturated/α-hetero) is 1. The van der Waals surface area contributed by atoms with E-state index in [9.17, 15) is 9.59 Å². The van der Waals surface area contributed by atoms with Gasteiger partial charge in [0.2, 0.25) is 5.78 Å². The Hall–Kier alpha value is -3.60. The molecule has 0 heterocycles. The third kappa shape index (κ3) is 4.73. The molecule has 0 bridgehead atoms. The van der Waals surface area contributed by atoms with Gasteiger partial charge in [-0.15, -0.1) is 0 Å². The highest BCUT2D eigenvalue weighted by molar-refractivity contribution is 6.02. The van der Waals surface area contributed by atoms with E-state index >= 15 is 0 Å². The minimum Gasteiger partial charge on any atom is -0.483 e. The summed E-state index contributed by atoms with van der Waals surface area (Å²) in [6.45, 7) is 1.68. The smallest absolute Gasteiger partial charge is 0.343 e. The van der Waals surface area contributed by atoms with Crippen molar-refractivity contribution in [3.05, 3.63) is 90.0 Å². The summed E-state index contributed by atoms with van der Waals surface area (Å²) in [6, 6.07) is 22.0. The number of esters is 1. The first-order chi connectivity index (χ1) is 13.0. The molecule has 0 spiro atoms. The number of ketones is 1. The lowest BCUT2D eigenvalue weighted by atomic mass is 10.0. The molecular weight excluding hydrogens is 342 g/mol. The van der Waals surface area contributed by atoms with Gasteiger partial charge in [-0.1, -0.05) is 30.3 Å². The molecule has 0 aliphatic rings. The second-order valence-electron chi connectivity index (χ2n) is 5.98. The van der Waals surface area contributed by atoms with Crippen LogP contribution in [0, 0.1) is 0 Å². The first kappa shape index (κ1) is 18.2. The highest BCUT2D eigenvalue weighted by Crippen LogP contribution is 2.17. The Morgan fingerprint density at radius 1 is 0.815 bits per heavy atom. The van der Waals surface area contributed by atoms with Crippen molar-refractivity contribution in [3.63, 3.8) is 0 Å². The van der Waals surface area contributed by atoms with Crippen LogP contribution >= 0.6 is 0 Å². The van der Waals surface area contributed by atoms with E-state index in [1.165, 1.54) is 6.07 Å². The van der Waals surface area contributed by atoms with Gasteiger partial charge in [-0.05, 0) is 55.5 Å². The van der Waals surface area contributed by atoms with Gasteiger partial charge in [-0.3, -0.25) is 4.79 Å². The van der Waals surface area contributed by atoms with Crippen molar-refractivity contribution in [2.45, 2.75) is 13.0 Å². The van der Waals surface area contributed by atoms with E-state index in [-0.39, 0.29) is 11.3 Å². The second-order valence-corrected chi connectivity index (χ2v) is 5.98. The number of hydrogen-bond donors (Lipinski definition) is 1. The quantitative estimate of drug-likeness (QED) is 0.309. The van der Waals surface area contributed by atoms with Crippen molar-refractivity contribution < 1.29 is 19.1 Å². The fraction of sp³-hybridized carbons (Fsp3) is 0.0909. The summed E-state index contributed by atoms with van der Waals surface area (Å²) >= 11 is 0. The molecule has 1 unspecified atom stereocenters. The maximum Gasteiger partial charge on any atom is 0.343 e. The highest BCUT2D eigenvalue weighted by Gasteiger charge is 2.19. The summed E-state index contributed by atoms with van der Waals surface area (Å²) in [5.74, 6) is 0.219. The van der Waals surface area contributed by atoms with E-state index in [0.29, 0.717) is 22.7 Å². The minimum absolute atomic E-state index is 0.221. The zero-order valence-electron chi connectivity index (χ0n) is 14.8. The molecule has 0 saturated carbocycles. The number of rotatable bonds is 6. The predicted molar refractivity (Wildman–Crippen MR) is 103 cm³/mol. The monoisotopic (exact) mass is 361 g/mol. The van der Waals surface area contributed by atoms with Crippen LogP contribution in [0.15, 0.2) is 78.9 Å². The van der Waals surface area contributed by atoms with Gasteiger partial charge in [-0.2, -0.15) is 0 Å². The molecule has 0 fully saturated rings. The van der Waals surface area contributed by atoms with E-state index in [1.54, 1.807) is 61.5 Å². The standard InChI is InChI=1S/C22H19NO4/c1-15(26-19-8-3-2-4-9-19)21(24)16-6-5-7-17(14-16)22(25)27-20-12-10-18(23)11-13-20/h2-15H,23H2,1H3. The van der Waals surface area contributed by atoms with Crippen LogP contribution in [0.4, 0.5) is 5.69 Å². The maximum atomic E-state index is 12.6. The SMILES string of the molecule is CC(Oc1ccccc1)C(=O)c1cccc(C(=O)Oc2ccc(N)cc2)c1. The van der Waals surface area contributed by atoms with Crippen molar-refractivity contribution in [1.82, 2.24) is 0 Å². The molecule has 0 amide bonds. The molecule has 136 valence electrons. The summed E-state index contributed by atoms with van der Waals surface area (Å²) in [7, 11) is 0. The molecule has 5 heteroatoms. The summed E-state index contributed by atoms with van der Waals surface area (Å²) in [5, 5.41) is 0. The van der Waals surface area contributed by atoms with Gasteiger partial charge in [0.15, 0.2) is 6.10 Å². The average molecular weight is 361 g/mol. The number of carbonyl (C=O) groups is 2.